The van der Waals surface area contributed by atoms with Gasteiger partial charge in [0, 0.05) is 8.99 Å². The smallest absolute Gasteiger partial charge is 0.0271 e. The van der Waals surface area contributed by atoms with Gasteiger partial charge in [-0.15, -0.1) is 0 Å². The minimum absolute atomic E-state index is 0.306. The van der Waals surface area contributed by atoms with Crippen molar-refractivity contribution in [3.05, 3.63) is 57.2 Å². The van der Waals surface area contributed by atoms with Crippen LogP contribution in [0, 0.1) is 15.4 Å². The Bertz CT molecular complexity index is 747. The van der Waals surface area contributed by atoms with Gasteiger partial charge in [-0.1, -0.05) is 56.0 Å². The van der Waals surface area contributed by atoms with Crippen LogP contribution in [0.25, 0.3) is 11.1 Å². The van der Waals surface area contributed by atoms with Crippen LogP contribution in [0.2, 0.25) is 0 Å². The monoisotopic (exact) mass is 428 g/mol. The molecule has 0 saturated heterocycles. The van der Waals surface area contributed by atoms with Crippen molar-refractivity contribution in [2.24, 2.45) is 11.8 Å². The molecule has 0 spiro atoms. The predicted molar refractivity (Wildman–Crippen MR) is 109 cm³/mol. The van der Waals surface area contributed by atoms with Crippen LogP contribution in [-0.2, 0) is 5.41 Å². The first-order valence-corrected chi connectivity index (χ1v) is 10.8. The molecule has 2 saturated carbocycles. The summed E-state index contributed by atoms with van der Waals surface area (Å²) >= 11 is 2.52. The highest BCUT2D eigenvalue weighted by Crippen LogP contribution is 2.62. The van der Waals surface area contributed by atoms with Gasteiger partial charge in [0.05, 0.1) is 0 Å². The summed E-state index contributed by atoms with van der Waals surface area (Å²) < 4.78 is 1.40. The Hall–Kier alpha value is -0.830. The van der Waals surface area contributed by atoms with Crippen molar-refractivity contribution in [2.45, 2.75) is 56.8 Å². The molecule has 0 N–H and O–H groups in total. The summed E-state index contributed by atoms with van der Waals surface area (Å²) in [5.74, 6) is 1.70. The van der Waals surface area contributed by atoms with Crippen LogP contribution in [-0.4, -0.2) is 0 Å². The number of benzene rings is 2. The molecule has 0 aromatic heterocycles. The molecule has 24 heavy (non-hydrogen) atoms. The molecule has 0 bridgehead atoms. The van der Waals surface area contributed by atoms with E-state index in [4.69, 9.17) is 0 Å². The largest absolute Gasteiger partial charge is 0.0619 e. The minimum atomic E-state index is 0.306. The fourth-order valence-corrected chi connectivity index (χ4v) is 6.78. The van der Waals surface area contributed by atoms with E-state index in [1.165, 1.54) is 66.1 Å². The maximum atomic E-state index is 2.53. The zero-order valence-corrected chi connectivity index (χ0v) is 16.4. The number of hydrogen-bond acceptors (Lipinski definition) is 0. The molecule has 3 aliphatic rings. The molecule has 0 unspecified atom stereocenters. The van der Waals surface area contributed by atoms with Crippen LogP contribution >= 0.6 is 22.6 Å². The molecule has 0 amide bonds. The molecule has 124 valence electrons. The van der Waals surface area contributed by atoms with E-state index in [9.17, 15) is 0 Å². The fraction of sp³-hybridized carbons (Fsp3) is 0.478. The summed E-state index contributed by atoms with van der Waals surface area (Å²) in [5, 5.41) is 0. The maximum absolute atomic E-state index is 2.53. The lowest BCUT2D eigenvalue weighted by atomic mass is 9.59. The zero-order valence-electron chi connectivity index (χ0n) is 14.2. The lowest BCUT2D eigenvalue weighted by Gasteiger charge is -2.43. The van der Waals surface area contributed by atoms with E-state index < -0.39 is 0 Å². The van der Waals surface area contributed by atoms with Crippen LogP contribution < -0.4 is 0 Å². The summed E-state index contributed by atoms with van der Waals surface area (Å²) in [7, 11) is 0. The van der Waals surface area contributed by atoms with Crippen molar-refractivity contribution >= 4 is 22.6 Å². The summed E-state index contributed by atoms with van der Waals surface area (Å²) in [5.41, 5.74) is 6.71. The Morgan fingerprint density at radius 3 is 1.96 bits per heavy atom. The molecule has 5 rings (SSSR count). The van der Waals surface area contributed by atoms with Gasteiger partial charge in [-0.05, 0) is 94.5 Å². The number of rotatable bonds is 2. The normalized spacial score (nSPS) is 22.7. The van der Waals surface area contributed by atoms with Crippen molar-refractivity contribution in [1.82, 2.24) is 0 Å². The van der Waals surface area contributed by atoms with Gasteiger partial charge in [0.25, 0.3) is 0 Å². The van der Waals surface area contributed by atoms with Gasteiger partial charge in [0.2, 0.25) is 0 Å². The third-order valence-electron chi connectivity index (χ3n) is 7.09. The second kappa shape index (κ2) is 5.86. The SMILES string of the molecule is Ic1ccc2c(c1)C(C1CCCC1)(C1CCCC1)c1ccccc1-2. The van der Waals surface area contributed by atoms with Gasteiger partial charge >= 0.3 is 0 Å². The molecule has 2 aromatic rings. The molecule has 1 heteroatoms. The van der Waals surface area contributed by atoms with E-state index in [-0.39, 0.29) is 0 Å². The number of fused-ring (bicyclic) bond motifs is 3. The first kappa shape index (κ1) is 15.4. The van der Waals surface area contributed by atoms with Crippen LogP contribution in [0.5, 0.6) is 0 Å². The lowest BCUT2D eigenvalue weighted by Crippen LogP contribution is -2.40. The second-order valence-electron chi connectivity index (χ2n) is 8.07. The van der Waals surface area contributed by atoms with Crippen LogP contribution in [0.3, 0.4) is 0 Å². The fourth-order valence-electron chi connectivity index (χ4n) is 6.29. The number of halogens is 1. The molecule has 3 aliphatic carbocycles. The summed E-state index contributed by atoms with van der Waals surface area (Å²) in [6, 6.07) is 16.6. The minimum Gasteiger partial charge on any atom is -0.0619 e. The van der Waals surface area contributed by atoms with Gasteiger partial charge in [0.15, 0.2) is 0 Å². The van der Waals surface area contributed by atoms with E-state index in [0.29, 0.717) is 5.41 Å². The van der Waals surface area contributed by atoms with Crippen LogP contribution in [0.1, 0.15) is 62.5 Å². The lowest BCUT2D eigenvalue weighted by molar-refractivity contribution is 0.223. The molecular weight excluding hydrogens is 403 g/mol. The summed E-state index contributed by atoms with van der Waals surface area (Å²) in [4.78, 5) is 0. The second-order valence-corrected chi connectivity index (χ2v) is 9.31. The Kier molecular flexibility index (Phi) is 3.77. The Morgan fingerprint density at radius 2 is 1.29 bits per heavy atom. The molecule has 0 nitrogen and oxygen atoms in total. The van der Waals surface area contributed by atoms with Crippen LogP contribution in [0.4, 0.5) is 0 Å². The van der Waals surface area contributed by atoms with Crippen molar-refractivity contribution < 1.29 is 0 Å². The highest BCUT2D eigenvalue weighted by molar-refractivity contribution is 14.1. The van der Waals surface area contributed by atoms with Crippen LogP contribution in [0.15, 0.2) is 42.5 Å². The predicted octanol–water partition coefficient (Wildman–Crippen LogP) is 6.94. The van der Waals surface area contributed by atoms with E-state index in [1.807, 2.05) is 0 Å². The van der Waals surface area contributed by atoms with E-state index >= 15 is 0 Å². The third-order valence-corrected chi connectivity index (χ3v) is 7.76. The van der Waals surface area contributed by atoms with E-state index in [0.717, 1.165) is 11.8 Å². The Morgan fingerprint density at radius 1 is 0.708 bits per heavy atom. The highest BCUT2D eigenvalue weighted by atomic mass is 127. The standard InChI is InChI=1S/C23H25I/c24-18-13-14-20-19-11-5-6-12-21(19)23(22(20)15-18,16-7-1-2-8-16)17-9-3-4-10-17/h5-6,11-17H,1-4,7-10H2. The average molecular weight is 428 g/mol. The van der Waals surface area contributed by atoms with Gasteiger partial charge in [-0.3, -0.25) is 0 Å². The van der Waals surface area contributed by atoms with Crippen molar-refractivity contribution in [3.8, 4) is 11.1 Å². The average Bonchev–Trinajstić information content (AvgIpc) is 3.34. The molecular formula is C23H25I. The van der Waals surface area contributed by atoms with Gasteiger partial charge in [-0.2, -0.15) is 0 Å². The van der Waals surface area contributed by atoms with Crippen molar-refractivity contribution in [3.63, 3.8) is 0 Å². The van der Waals surface area contributed by atoms with Crippen molar-refractivity contribution in [1.29, 1.82) is 0 Å². The van der Waals surface area contributed by atoms with Gasteiger partial charge in [-0.25, -0.2) is 0 Å². The molecule has 2 fully saturated rings. The Balaban J connectivity index is 1.83. The topological polar surface area (TPSA) is 0 Å². The molecule has 0 radical (unpaired) electrons. The molecule has 0 heterocycles. The first-order valence-electron chi connectivity index (χ1n) is 9.71. The third kappa shape index (κ3) is 2.03. The zero-order chi connectivity index (χ0) is 16.1. The van der Waals surface area contributed by atoms with Crippen molar-refractivity contribution in [2.75, 3.05) is 0 Å². The highest BCUT2D eigenvalue weighted by Gasteiger charge is 2.53. The van der Waals surface area contributed by atoms with E-state index in [1.54, 1.807) is 11.1 Å². The molecule has 2 aromatic carbocycles. The van der Waals surface area contributed by atoms with E-state index in [2.05, 4.69) is 65.1 Å². The molecule has 0 atom stereocenters. The maximum Gasteiger partial charge on any atom is 0.0271 e. The molecule has 0 aliphatic heterocycles. The Labute approximate surface area is 159 Å². The van der Waals surface area contributed by atoms with Gasteiger partial charge < -0.3 is 0 Å². The summed E-state index contributed by atoms with van der Waals surface area (Å²) in [6.45, 7) is 0. The van der Waals surface area contributed by atoms with Gasteiger partial charge in [0.1, 0.15) is 0 Å². The number of hydrogen-bond donors (Lipinski definition) is 0. The quantitative estimate of drug-likeness (QED) is 0.455. The first-order chi connectivity index (χ1) is 11.8. The summed E-state index contributed by atoms with van der Waals surface area (Å²) in [6.07, 6.45) is 11.4.